The van der Waals surface area contributed by atoms with Crippen molar-refractivity contribution in [2.75, 3.05) is 4.90 Å². The van der Waals surface area contributed by atoms with Crippen LogP contribution >= 0.6 is 0 Å². The molecule has 9 aromatic rings. The molecule has 61 heavy (non-hydrogen) atoms. The molecule has 0 N–H and O–H groups in total. The molecule has 0 fully saturated rings. The average Bonchev–Trinajstić information content (AvgIpc) is 3.69. The fourth-order valence-corrected chi connectivity index (χ4v) is 10.6. The topological polar surface area (TPSA) is 3.24 Å². The Kier molecular flexibility index (Phi) is 8.58. The Labute approximate surface area is 360 Å². The lowest BCUT2D eigenvalue weighted by Crippen LogP contribution is -2.21. The highest BCUT2D eigenvalue weighted by Crippen LogP contribution is 2.57. The highest BCUT2D eigenvalue weighted by Gasteiger charge is 2.40. The summed E-state index contributed by atoms with van der Waals surface area (Å²) in [5.74, 6) is 0. The molecule has 0 saturated carbocycles. The molecule has 9 aromatic carbocycles. The lowest BCUT2D eigenvalue weighted by Gasteiger charge is -2.35. The standard InChI is InChI=1S/C60H47N/c1-59(2)51-32-16-14-28-47(51)50-39-42(37-38-53(50)59)44-26-15-18-34-54(44)61(56-36-20-31-49-46-27-13-17-33-52(46)60(3,4)58(49)56)55-35-19-30-45(41-23-9-6-10-24-41)57(55)48-29-12-11-25-43(48)40-21-7-5-8-22-40/h5-39H,1-4H3. The van der Waals surface area contributed by atoms with E-state index in [1.54, 1.807) is 0 Å². The molecule has 1 heteroatoms. The summed E-state index contributed by atoms with van der Waals surface area (Å²) in [6, 6.07) is 78.7. The van der Waals surface area contributed by atoms with E-state index < -0.39 is 0 Å². The van der Waals surface area contributed by atoms with Crippen molar-refractivity contribution < 1.29 is 0 Å². The first-order valence-electron chi connectivity index (χ1n) is 21.5. The minimum Gasteiger partial charge on any atom is -0.309 e. The van der Waals surface area contributed by atoms with Crippen LogP contribution in [0.4, 0.5) is 17.1 Å². The van der Waals surface area contributed by atoms with Crippen molar-refractivity contribution in [1.29, 1.82) is 0 Å². The molecule has 0 aliphatic heterocycles. The molecule has 0 spiro atoms. The maximum absolute atomic E-state index is 2.59. The molecular weight excluding hydrogens is 735 g/mol. The van der Waals surface area contributed by atoms with Crippen LogP contribution in [0.2, 0.25) is 0 Å². The average molecular weight is 782 g/mol. The van der Waals surface area contributed by atoms with Gasteiger partial charge in [0.25, 0.3) is 0 Å². The van der Waals surface area contributed by atoms with Gasteiger partial charge in [0.2, 0.25) is 0 Å². The van der Waals surface area contributed by atoms with Crippen LogP contribution in [0.25, 0.3) is 66.8 Å². The Morgan fingerprint density at radius 2 is 0.738 bits per heavy atom. The van der Waals surface area contributed by atoms with Crippen LogP contribution < -0.4 is 4.90 Å². The van der Waals surface area contributed by atoms with Gasteiger partial charge in [0, 0.05) is 22.0 Å². The van der Waals surface area contributed by atoms with E-state index in [0.717, 1.165) is 11.4 Å². The summed E-state index contributed by atoms with van der Waals surface area (Å²) >= 11 is 0. The van der Waals surface area contributed by atoms with Gasteiger partial charge in [-0.05, 0) is 102 Å². The molecule has 0 bridgehead atoms. The Bertz CT molecular complexity index is 3130. The van der Waals surface area contributed by atoms with E-state index in [9.17, 15) is 0 Å². The third-order valence-corrected chi connectivity index (χ3v) is 13.5. The molecule has 0 aromatic heterocycles. The van der Waals surface area contributed by atoms with E-state index in [0.29, 0.717) is 0 Å². The van der Waals surface area contributed by atoms with Gasteiger partial charge in [0.15, 0.2) is 0 Å². The van der Waals surface area contributed by atoms with Crippen molar-refractivity contribution in [1.82, 2.24) is 0 Å². The zero-order valence-corrected chi connectivity index (χ0v) is 35.2. The number of nitrogens with zero attached hydrogens (tertiary/aromatic N) is 1. The zero-order valence-electron chi connectivity index (χ0n) is 35.2. The second-order valence-corrected chi connectivity index (χ2v) is 17.6. The van der Waals surface area contributed by atoms with E-state index in [1.807, 2.05) is 0 Å². The van der Waals surface area contributed by atoms with E-state index in [1.165, 1.54) is 94.7 Å². The summed E-state index contributed by atoms with van der Waals surface area (Å²) in [5.41, 5.74) is 23.4. The molecule has 0 radical (unpaired) electrons. The quantitative estimate of drug-likeness (QED) is 0.156. The molecule has 292 valence electrons. The molecule has 0 atom stereocenters. The lowest BCUT2D eigenvalue weighted by molar-refractivity contribution is 0.660. The molecule has 0 saturated heterocycles. The summed E-state index contributed by atoms with van der Waals surface area (Å²) in [6.07, 6.45) is 0. The van der Waals surface area contributed by atoms with Gasteiger partial charge in [-0.15, -0.1) is 0 Å². The number of anilines is 3. The Morgan fingerprint density at radius 3 is 1.43 bits per heavy atom. The third-order valence-electron chi connectivity index (χ3n) is 13.5. The van der Waals surface area contributed by atoms with Crippen molar-refractivity contribution in [3.63, 3.8) is 0 Å². The summed E-state index contributed by atoms with van der Waals surface area (Å²) in [7, 11) is 0. The van der Waals surface area contributed by atoms with Crippen LogP contribution in [-0.4, -0.2) is 0 Å². The minimum atomic E-state index is -0.252. The van der Waals surface area contributed by atoms with Crippen molar-refractivity contribution in [2.24, 2.45) is 0 Å². The molecule has 0 amide bonds. The number of hydrogen-bond donors (Lipinski definition) is 0. The Morgan fingerprint density at radius 1 is 0.279 bits per heavy atom. The van der Waals surface area contributed by atoms with Gasteiger partial charge in [0.05, 0.1) is 17.1 Å². The van der Waals surface area contributed by atoms with E-state index in [-0.39, 0.29) is 10.8 Å². The van der Waals surface area contributed by atoms with E-state index in [2.05, 4.69) is 245 Å². The van der Waals surface area contributed by atoms with Gasteiger partial charge in [-0.1, -0.05) is 216 Å². The number of benzene rings is 9. The van der Waals surface area contributed by atoms with Crippen LogP contribution in [0.5, 0.6) is 0 Å². The van der Waals surface area contributed by atoms with Crippen LogP contribution in [0.15, 0.2) is 212 Å². The highest BCUT2D eigenvalue weighted by atomic mass is 15.2. The fourth-order valence-electron chi connectivity index (χ4n) is 10.6. The Hall–Kier alpha value is -7.22. The summed E-state index contributed by atoms with van der Waals surface area (Å²) in [4.78, 5) is 2.59. The fraction of sp³-hybridized carbons (Fsp3) is 0.100. The molecule has 2 aliphatic carbocycles. The molecule has 11 rings (SSSR count). The first kappa shape index (κ1) is 36.8. The van der Waals surface area contributed by atoms with Crippen molar-refractivity contribution in [3.05, 3.63) is 235 Å². The van der Waals surface area contributed by atoms with Gasteiger partial charge < -0.3 is 4.90 Å². The van der Waals surface area contributed by atoms with Crippen molar-refractivity contribution >= 4 is 17.1 Å². The molecule has 0 unspecified atom stereocenters. The summed E-state index contributed by atoms with van der Waals surface area (Å²) < 4.78 is 0. The maximum atomic E-state index is 2.59. The van der Waals surface area contributed by atoms with Crippen LogP contribution in [0, 0.1) is 0 Å². The van der Waals surface area contributed by atoms with Crippen LogP contribution in [0.3, 0.4) is 0 Å². The van der Waals surface area contributed by atoms with Gasteiger partial charge in [-0.3, -0.25) is 0 Å². The minimum absolute atomic E-state index is 0.0693. The van der Waals surface area contributed by atoms with Crippen LogP contribution in [-0.2, 0) is 10.8 Å². The van der Waals surface area contributed by atoms with Gasteiger partial charge in [-0.2, -0.15) is 0 Å². The van der Waals surface area contributed by atoms with Gasteiger partial charge in [0.1, 0.15) is 0 Å². The monoisotopic (exact) mass is 781 g/mol. The molecule has 1 nitrogen and oxygen atoms in total. The van der Waals surface area contributed by atoms with Gasteiger partial charge in [-0.25, -0.2) is 0 Å². The van der Waals surface area contributed by atoms with E-state index in [4.69, 9.17) is 0 Å². The number of para-hydroxylation sites is 1. The van der Waals surface area contributed by atoms with Crippen molar-refractivity contribution in [2.45, 2.75) is 38.5 Å². The number of fused-ring (bicyclic) bond motifs is 6. The zero-order chi connectivity index (χ0) is 41.3. The number of rotatable bonds is 7. The van der Waals surface area contributed by atoms with Crippen LogP contribution in [0.1, 0.15) is 49.9 Å². The number of hydrogen-bond acceptors (Lipinski definition) is 1. The molecular formula is C60H47N. The second kappa shape index (κ2) is 14.2. The van der Waals surface area contributed by atoms with Gasteiger partial charge >= 0.3 is 0 Å². The SMILES string of the molecule is CC1(C)c2ccccc2-c2cc(-c3ccccc3N(c3cccc(-c4ccccc4)c3-c3ccccc3-c3ccccc3)c3cccc4c3C(C)(C)c3ccccc3-4)ccc21. The highest BCUT2D eigenvalue weighted by molar-refractivity contribution is 6.04. The third kappa shape index (κ3) is 5.76. The summed E-state index contributed by atoms with van der Waals surface area (Å²) in [5, 5.41) is 0. The predicted molar refractivity (Wildman–Crippen MR) is 258 cm³/mol. The Balaban J connectivity index is 1.24. The van der Waals surface area contributed by atoms with Crippen molar-refractivity contribution in [3.8, 4) is 66.8 Å². The molecule has 2 aliphatic rings. The van der Waals surface area contributed by atoms with E-state index >= 15 is 0 Å². The largest absolute Gasteiger partial charge is 0.309 e. The smallest absolute Gasteiger partial charge is 0.0546 e. The normalized spacial score (nSPS) is 13.8. The maximum Gasteiger partial charge on any atom is 0.0546 e. The molecule has 0 heterocycles. The second-order valence-electron chi connectivity index (χ2n) is 17.6. The lowest BCUT2D eigenvalue weighted by atomic mass is 9.80. The first-order chi connectivity index (χ1) is 29.8. The summed E-state index contributed by atoms with van der Waals surface area (Å²) in [6.45, 7) is 9.52. The first-order valence-corrected chi connectivity index (χ1v) is 21.5. The predicted octanol–water partition coefficient (Wildman–Crippen LogP) is 16.4.